The molecule has 150 valence electrons. The number of hydrogen-bond acceptors (Lipinski definition) is 3. The van der Waals surface area contributed by atoms with Crippen molar-refractivity contribution >= 4 is 34.8 Å². The minimum Gasteiger partial charge on any atom is -0.378 e. The lowest BCUT2D eigenvalue weighted by Gasteiger charge is -2.32. The van der Waals surface area contributed by atoms with Crippen molar-refractivity contribution in [1.82, 2.24) is 10.2 Å². The van der Waals surface area contributed by atoms with Gasteiger partial charge in [0, 0.05) is 45.0 Å². The van der Waals surface area contributed by atoms with Crippen LogP contribution in [0.3, 0.4) is 0 Å². The Labute approximate surface area is 177 Å². The Balaban J connectivity index is 1.44. The van der Waals surface area contributed by atoms with E-state index in [1.54, 1.807) is 18.2 Å². The second kappa shape index (κ2) is 9.64. The van der Waals surface area contributed by atoms with Gasteiger partial charge in [0.25, 0.3) is 5.91 Å². The third-order valence-electron chi connectivity index (χ3n) is 5.26. The number of hydrogen-bond donors (Lipinski definition) is 1. The standard InChI is InChI=1S/C22H27Cl2N3O/c1-26(2)19-5-3-4-17(12-19)15-25-14-16-8-10-27(11-9-16)22(28)18-6-7-20(23)21(24)13-18/h3-7,12-13,16,25H,8-11,14-15H2,1-2H3. The van der Waals surface area contributed by atoms with Crippen LogP contribution >= 0.6 is 23.2 Å². The molecule has 0 aliphatic carbocycles. The van der Waals surface area contributed by atoms with Crippen LogP contribution in [0.4, 0.5) is 5.69 Å². The molecule has 0 aromatic heterocycles. The number of rotatable bonds is 6. The predicted octanol–water partition coefficient (Wildman–Crippen LogP) is 4.70. The molecule has 0 spiro atoms. The molecule has 1 amide bonds. The van der Waals surface area contributed by atoms with E-state index in [0.29, 0.717) is 21.5 Å². The summed E-state index contributed by atoms with van der Waals surface area (Å²) in [6.07, 6.45) is 2.02. The topological polar surface area (TPSA) is 35.6 Å². The highest BCUT2D eigenvalue weighted by Gasteiger charge is 2.23. The number of nitrogens with one attached hydrogen (secondary N) is 1. The van der Waals surface area contributed by atoms with E-state index in [4.69, 9.17) is 23.2 Å². The van der Waals surface area contributed by atoms with E-state index >= 15 is 0 Å². The molecule has 0 saturated carbocycles. The fourth-order valence-corrected chi connectivity index (χ4v) is 3.82. The summed E-state index contributed by atoms with van der Waals surface area (Å²) in [5.41, 5.74) is 3.11. The molecule has 1 heterocycles. The number of anilines is 1. The van der Waals surface area contributed by atoms with Crippen LogP contribution in [0.2, 0.25) is 10.0 Å². The van der Waals surface area contributed by atoms with Gasteiger partial charge in [0.05, 0.1) is 10.0 Å². The van der Waals surface area contributed by atoms with Gasteiger partial charge in [-0.2, -0.15) is 0 Å². The summed E-state index contributed by atoms with van der Waals surface area (Å²) >= 11 is 12.0. The van der Waals surface area contributed by atoms with E-state index in [9.17, 15) is 4.79 Å². The summed E-state index contributed by atoms with van der Waals surface area (Å²) < 4.78 is 0. The fourth-order valence-electron chi connectivity index (χ4n) is 3.52. The molecule has 6 heteroatoms. The van der Waals surface area contributed by atoms with E-state index in [-0.39, 0.29) is 5.91 Å². The summed E-state index contributed by atoms with van der Waals surface area (Å²) in [6.45, 7) is 3.40. The molecule has 2 aromatic rings. The molecule has 0 radical (unpaired) electrons. The number of amides is 1. The molecule has 1 N–H and O–H groups in total. The largest absolute Gasteiger partial charge is 0.378 e. The Morgan fingerprint density at radius 2 is 1.86 bits per heavy atom. The molecule has 1 saturated heterocycles. The Morgan fingerprint density at radius 3 is 2.54 bits per heavy atom. The van der Waals surface area contributed by atoms with Crippen molar-refractivity contribution in [3.05, 3.63) is 63.6 Å². The first kappa shape index (κ1) is 21.0. The van der Waals surface area contributed by atoms with Gasteiger partial charge in [-0.1, -0.05) is 35.3 Å². The summed E-state index contributed by atoms with van der Waals surface area (Å²) in [4.78, 5) is 16.7. The zero-order valence-corrected chi connectivity index (χ0v) is 17.9. The molecular formula is C22H27Cl2N3O. The molecule has 1 aliphatic rings. The van der Waals surface area contributed by atoms with Gasteiger partial charge in [0.15, 0.2) is 0 Å². The van der Waals surface area contributed by atoms with Gasteiger partial charge in [0.1, 0.15) is 0 Å². The molecule has 1 aliphatic heterocycles. The molecule has 3 rings (SSSR count). The highest BCUT2D eigenvalue weighted by Crippen LogP contribution is 2.25. The predicted molar refractivity (Wildman–Crippen MR) is 118 cm³/mol. The third kappa shape index (κ3) is 5.40. The summed E-state index contributed by atoms with van der Waals surface area (Å²) in [7, 11) is 4.11. The lowest BCUT2D eigenvalue weighted by Crippen LogP contribution is -2.40. The van der Waals surface area contributed by atoms with Crippen LogP contribution in [-0.4, -0.2) is 44.5 Å². The van der Waals surface area contributed by atoms with Gasteiger partial charge in [-0.05, 0) is 61.2 Å². The average Bonchev–Trinajstić information content (AvgIpc) is 2.70. The Kier molecular flexibility index (Phi) is 7.22. The molecule has 0 atom stereocenters. The average molecular weight is 420 g/mol. The third-order valence-corrected chi connectivity index (χ3v) is 6.00. The lowest BCUT2D eigenvalue weighted by molar-refractivity contribution is 0.0690. The molecular weight excluding hydrogens is 393 g/mol. The van der Waals surface area contributed by atoms with Gasteiger partial charge < -0.3 is 15.1 Å². The summed E-state index contributed by atoms with van der Waals surface area (Å²) in [5.74, 6) is 0.625. The zero-order valence-electron chi connectivity index (χ0n) is 16.4. The molecule has 1 fully saturated rings. The van der Waals surface area contributed by atoms with E-state index in [2.05, 4.69) is 48.6 Å². The number of halogens is 2. The number of nitrogens with zero attached hydrogens (tertiary/aromatic N) is 2. The normalized spacial score (nSPS) is 14.9. The molecule has 2 aromatic carbocycles. The van der Waals surface area contributed by atoms with Crippen molar-refractivity contribution in [3.63, 3.8) is 0 Å². The van der Waals surface area contributed by atoms with E-state index in [0.717, 1.165) is 39.0 Å². The Hall–Kier alpha value is -1.75. The highest BCUT2D eigenvalue weighted by atomic mass is 35.5. The van der Waals surface area contributed by atoms with E-state index < -0.39 is 0 Å². The maximum Gasteiger partial charge on any atom is 0.253 e. The van der Waals surface area contributed by atoms with Gasteiger partial charge in [-0.25, -0.2) is 0 Å². The first-order chi connectivity index (χ1) is 13.4. The second-order valence-electron chi connectivity index (χ2n) is 7.56. The number of carbonyl (C=O) groups is 1. The number of carbonyl (C=O) groups excluding carboxylic acids is 1. The molecule has 0 unspecified atom stereocenters. The van der Waals surface area contributed by atoms with Gasteiger partial charge >= 0.3 is 0 Å². The quantitative estimate of drug-likeness (QED) is 0.736. The van der Waals surface area contributed by atoms with Crippen LogP contribution < -0.4 is 10.2 Å². The second-order valence-corrected chi connectivity index (χ2v) is 8.37. The van der Waals surface area contributed by atoms with Crippen molar-refractivity contribution in [2.45, 2.75) is 19.4 Å². The summed E-state index contributed by atoms with van der Waals surface area (Å²) in [5, 5.41) is 4.47. The monoisotopic (exact) mass is 419 g/mol. The maximum absolute atomic E-state index is 12.7. The molecule has 28 heavy (non-hydrogen) atoms. The highest BCUT2D eigenvalue weighted by molar-refractivity contribution is 6.42. The Morgan fingerprint density at radius 1 is 1.11 bits per heavy atom. The smallest absolute Gasteiger partial charge is 0.253 e. The summed E-state index contributed by atoms with van der Waals surface area (Å²) in [6, 6.07) is 13.7. The van der Waals surface area contributed by atoms with Crippen LogP contribution in [0, 0.1) is 5.92 Å². The Bertz CT molecular complexity index is 817. The number of benzene rings is 2. The maximum atomic E-state index is 12.7. The fraction of sp³-hybridized carbons (Fsp3) is 0.409. The van der Waals surface area contributed by atoms with Crippen molar-refractivity contribution in [2.75, 3.05) is 38.6 Å². The minimum absolute atomic E-state index is 0.0328. The number of piperidine rings is 1. The van der Waals surface area contributed by atoms with Crippen LogP contribution in [0.5, 0.6) is 0 Å². The van der Waals surface area contributed by atoms with Gasteiger partial charge in [-0.15, -0.1) is 0 Å². The SMILES string of the molecule is CN(C)c1cccc(CNCC2CCN(C(=O)c3ccc(Cl)c(Cl)c3)CC2)c1. The van der Waals surface area contributed by atoms with Crippen LogP contribution in [0.1, 0.15) is 28.8 Å². The van der Waals surface area contributed by atoms with Crippen LogP contribution in [0.15, 0.2) is 42.5 Å². The van der Waals surface area contributed by atoms with Crippen molar-refractivity contribution in [2.24, 2.45) is 5.92 Å². The minimum atomic E-state index is 0.0328. The van der Waals surface area contributed by atoms with Crippen molar-refractivity contribution < 1.29 is 4.79 Å². The van der Waals surface area contributed by atoms with Crippen LogP contribution in [-0.2, 0) is 6.54 Å². The van der Waals surface area contributed by atoms with Gasteiger partial charge in [-0.3, -0.25) is 4.79 Å². The van der Waals surface area contributed by atoms with E-state index in [1.807, 2.05) is 4.90 Å². The van der Waals surface area contributed by atoms with Crippen molar-refractivity contribution in [1.29, 1.82) is 0 Å². The van der Waals surface area contributed by atoms with Crippen LogP contribution in [0.25, 0.3) is 0 Å². The van der Waals surface area contributed by atoms with Gasteiger partial charge in [0.2, 0.25) is 0 Å². The molecule has 0 bridgehead atoms. The molecule has 4 nitrogen and oxygen atoms in total. The number of likely N-dealkylation sites (tertiary alicyclic amines) is 1. The van der Waals surface area contributed by atoms with E-state index in [1.165, 1.54) is 11.3 Å². The zero-order chi connectivity index (χ0) is 20.1. The first-order valence-corrected chi connectivity index (χ1v) is 10.4. The first-order valence-electron chi connectivity index (χ1n) is 9.65. The van der Waals surface area contributed by atoms with Crippen molar-refractivity contribution in [3.8, 4) is 0 Å². The lowest BCUT2D eigenvalue weighted by atomic mass is 9.96.